The van der Waals surface area contributed by atoms with Gasteiger partial charge in [0, 0.05) is 24.4 Å². The Bertz CT molecular complexity index is 633. The Morgan fingerprint density at radius 1 is 1.20 bits per heavy atom. The predicted molar refractivity (Wildman–Crippen MR) is 71.2 cm³/mol. The molecule has 2 aromatic rings. The molecule has 1 amide bonds. The summed E-state index contributed by atoms with van der Waals surface area (Å²) in [6.07, 6.45) is 1.23. The van der Waals surface area contributed by atoms with Gasteiger partial charge in [0.05, 0.1) is 0 Å². The number of aromatic nitrogens is 1. The summed E-state index contributed by atoms with van der Waals surface area (Å²) in [6, 6.07) is 5.85. The summed E-state index contributed by atoms with van der Waals surface area (Å²) in [7, 11) is 0. The minimum Gasteiger partial charge on any atom is -0.348 e. The first-order valence-corrected chi connectivity index (χ1v) is 6.13. The number of nitrogens with zero attached hydrogens (tertiary/aromatic N) is 1. The van der Waals surface area contributed by atoms with E-state index in [1.807, 2.05) is 0 Å². The normalized spacial score (nSPS) is 10.4. The second-order valence-corrected chi connectivity index (χ2v) is 4.59. The van der Waals surface area contributed by atoms with Gasteiger partial charge in [0.2, 0.25) is 5.95 Å². The van der Waals surface area contributed by atoms with Gasteiger partial charge in [-0.15, -0.1) is 0 Å². The van der Waals surface area contributed by atoms with Gasteiger partial charge in [0.15, 0.2) is 0 Å². The molecule has 0 atom stereocenters. The topological polar surface area (TPSA) is 42.0 Å². The highest BCUT2D eigenvalue weighted by atomic mass is 19.1. The monoisotopic (exact) mass is 276 g/mol. The highest BCUT2D eigenvalue weighted by molar-refractivity contribution is 5.93. The summed E-state index contributed by atoms with van der Waals surface area (Å²) in [5.74, 6) is -1.34. The molecule has 20 heavy (non-hydrogen) atoms. The van der Waals surface area contributed by atoms with Crippen LogP contribution in [0.1, 0.15) is 27.0 Å². The van der Waals surface area contributed by atoms with Crippen molar-refractivity contribution >= 4 is 5.91 Å². The highest BCUT2D eigenvalue weighted by Crippen LogP contribution is 2.14. The van der Waals surface area contributed by atoms with Crippen molar-refractivity contribution in [3.05, 3.63) is 64.5 Å². The lowest BCUT2D eigenvalue weighted by Gasteiger charge is -2.08. The molecule has 0 aliphatic heterocycles. The number of nitrogens with one attached hydrogen (secondary N) is 1. The standard InChI is InChI=1S/C15H14F2N2O/c1-9-5-11(6-10(2)14(9)17)8-19-15(20)12-3-4-18-13(16)7-12/h3-7H,8H2,1-2H3,(H,19,20). The van der Waals surface area contributed by atoms with Crippen molar-refractivity contribution in [3.8, 4) is 0 Å². The minimum absolute atomic E-state index is 0.202. The molecule has 0 saturated carbocycles. The van der Waals surface area contributed by atoms with E-state index < -0.39 is 11.9 Å². The van der Waals surface area contributed by atoms with Crippen LogP contribution < -0.4 is 5.32 Å². The first-order valence-electron chi connectivity index (χ1n) is 6.13. The van der Waals surface area contributed by atoms with E-state index in [9.17, 15) is 13.6 Å². The van der Waals surface area contributed by atoms with Crippen LogP contribution in [-0.2, 0) is 6.54 Å². The molecular formula is C15H14F2N2O. The molecule has 0 spiro atoms. The average molecular weight is 276 g/mol. The summed E-state index contributed by atoms with van der Waals surface area (Å²) in [6.45, 7) is 3.60. The summed E-state index contributed by atoms with van der Waals surface area (Å²) in [5.41, 5.74) is 2.06. The van der Waals surface area contributed by atoms with Crippen molar-refractivity contribution in [1.82, 2.24) is 10.3 Å². The maximum Gasteiger partial charge on any atom is 0.251 e. The van der Waals surface area contributed by atoms with Crippen LogP contribution in [0.4, 0.5) is 8.78 Å². The molecule has 0 radical (unpaired) electrons. The number of aryl methyl sites for hydroxylation is 2. The van der Waals surface area contributed by atoms with Crippen LogP contribution in [0.2, 0.25) is 0 Å². The smallest absolute Gasteiger partial charge is 0.251 e. The molecule has 0 saturated heterocycles. The van der Waals surface area contributed by atoms with E-state index in [2.05, 4.69) is 10.3 Å². The van der Waals surface area contributed by atoms with Gasteiger partial charge in [-0.3, -0.25) is 4.79 Å². The van der Waals surface area contributed by atoms with E-state index in [0.29, 0.717) is 11.1 Å². The van der Waals surface area contributed by atoms with Crippen molar-refractivity contribution < 1.29 is 13.6 Å². The maximum atomic E-state index is 13.5. The van der Waals surface area contributed by atoms with Crippen LogP contribution >= 0.6 is 0 Å². The molecule has 2 rings (SSSR count). The summed E-state index contributed by atoms with van der Waals surface area (Å²) < 4.78 is 26.4. The van der Waals surface area contributed by atoms with Crippen LogP contribution in [0.3, 0.4) is 0 Å². The van der Waals surface area contributed by atoms with Gasteiger partial charge in [0.25, 0.3) is 5.91 Å². The first-order chi connectivity index (χ1) is 9.47. The number of pyridine rings is 1. The Balaban J connectivity index is 2.07. The molecule has 1 heterocycles. The number of benzene rings is 1. The molecule has 0 fully saturated rings. The fraction of sp³-hybridized carbons (Fsp3) is 0.200. The molecule has 0 aliphatic rings. The van der Waals surface area contributed by atoms with Crippen LogP contribution in [0.5, 0.6) is 0 Å². The van der Waals surface area contributed by atoms with Crippen LogP contribution in [0, 0.1) is 25.6 Å². The Kier molecular flexibility index (Phi) is 4.08. The summed E-state index contributed by atoms with van der Waals surface area (Å²) in [5, 5.41) is 2.66. The zero-order chi connectivity index (χ0) is 14.7. The molecule has 0 aliphatic carbocycles. The number of carbonyl (C=O) groups excluding carboxylic acids is 1. The van der Waals surface area contributed by atoms with E-state index >= 15 is 0 Å². The second-order valence-electron chi connectivity index (χ2n) is 4.59. The van der Waals surface area contributed by atoms with Crippen LogP contribution in [-0.4, -0.2) is 10.9 Å². The molecule has 1 aromatic carbocycles. The quantitative estimate of drug-likeness (QED) is 0.876. The molecule has 104 valence electrons. The Morgan fingerprint density at radius 2 is 1.85 bits per heavy atom. The average Bonchev–Trinajstić information content (AvgIpc) is 2.42. The largest absolute Gasteiger partial charge is 0.348 e. The van der Waals surface area contributed by atoms with Crippen LogP contribution in [0.25, 0.3) is 0 Å². The molecule has 3 nitrogen and oxygen atoms in total. The Morgan fingerprint density at radius 3 is 2.45 bits per heavy atom. The second kappa shape index (κ2) is 5.77. The van der Waals surface area contributed by atoms with Gasteiger partial charge in [-0.05, 0) is 36.6 Å². The van der Waals surface area contributed by atoms with E-state index in [-0.39, 0.29) is 17.9 Å². The Labute approximate surface area is 115 Å². The number of carbonyl (C=O) groups is 1. The predicted octanol–water partition coefficient (Wildman–Crippen LogP) is 2.91. The van der Waals surface area contributed by atoms with Gasteiger partial charge >= 0.3 is 0 Å². The lowest BCUT2D eigenvalue weighted by Crippen LogP contribution is -2.23. The third-order valence-corrected chi connectivity index (χ3v) is 2.94. The molecule has 1 aromatic heterocycles. The van der Waals surface area contributed by atoms with Gasteiger partial charge < -0.3 is 5.32 Å². The van der Waals surface area contributed by atoms with Gasteiger partial charge in [-0.2, -0.15) is 4.39 Å². The minimum atomic E-state index is -0.703. The third-order valence-electron chi connectivity index (χ3n) is 2.94. The van der Waals surface area contributed by atoms with Crippen molar-refractivity contribution in [3.63, 3.8) is 0 Å². The van der Waals surface area contributed by atoms with Crippen molar-refractivity contribution in [1.29, 1.82) is 0 Å². The zero-order valence-corrected chi connectivity index (χ0v) is 11.2. The SMILES string of the molecule is Cc1cc(CNC(=O)c2ccnc(F)c2)cc(C)c1F. The van der Waals surface area contributed by atoms with E-state index in [0.717, 1.165) is 11.6 Å². The lowest BCUT2D eigenvalue weighted by atomic mass is 10.1. The van der Waals surface area contributed by atoms with E-state index in [1.54, 1.807) is 26.0 Å². The highest BCUT2D eigenvalue weighted by Gasteiger charge is 2.08. The lowest BCUT2D eigenvalue weighted by molar-refractivity contribution is 0.0950. The fourth-order valence-electron chi connectivity index (χ4n) is 1.97. The number of rotatable bonds is 3. The fourth-order valence-corrected chi connectivity index (χ4v) is 1.97. The summed E-state index contributed by atoms with van der Waals surface area (Å²) in [4.78, 5) is 15.2. The van der Waals surface area contributed by atoms with Gasteiger partial charge in [-0.1, -0.05) is 12.1 Å². The van der Waals surface area contributed by atoms with Gasteiger partial charge in [0.1, 0.15) is 5.82 Å². The summed E-state index contributed by atoms with van der Waals surface area (Å²) >= 11 is 0. The number of hydrogen-bond donors (Lipinski definition) is 1. The molecule has 0 unspecified atom stereocenters. The third kappa shape index (κ3) is 3.17. The van der Waals surface area contributed by atoms with Gasteiger partial charge in [-0.25, -0.2) is 9.37 Å². The maximum absolute atomic E-state index is 13.5. The molecule has 0 bridgehead atoms. The number of amides is 1. The van der Waals surface area contributed by atoms with Crippen molar-refractivity contribution in [2.24, 2.45) is 0 Å². The number of halogens is 2. The first kappa shape index (κ1) is 14.1. The molecular weight excluding hydrogens is 262 g/mol. The number of hydrogen-bond acceptors (Lipinski definition) is 2. The van der Waals surface area contributed by atoms with E-state index in [1.165, 1.54) is 12.3 Å². The molecule has 5 heteroatoms. The van der Waals surface area contributed by atoms with Crippen molar-refractivity contribution in [2.75, 3.05) is 0 Å². The zero-order valence-electron chi connectivity index (χ0n) is 11.2. The van der Waals surface area contributed by atoms with E-state index in [4.69, 9.17) is 0 Å². The molecule has 1 N–H and O–H groups in total. The van der Waals surface area contributed by atoms with Crippen molar-refractivity contribution in [2.45, 2.75) is 20.4 Å². The Hall–Kier alpha value is -2.30. The van der Waals surface area contributed by atoms with Crippen LogP contribution in [0.15, 0.2) is 30.5 Å².